The quantitative estimate of drug-likeness (QED) is 0.739. The predicted octanol–water partition coefficient (Wildman–Crippen LogP) is 4.55. The van der Waals surface area contributed by atoms with Gasteiger partial charge in [-0.25, -0.2) is 0 Å². The normalized spacial score (nSPS) is 44.1. The van der Waals surface area contributed by atoms with Crippen LogP contribution in [0.2, 0.25) is 0 Å². The Bertz CT molecular complexity index is 723. The minimum atomic E-state index is -0.169. The molecule has 7 unspecified atom stereocenters. The first-order valence-electron chi connectivity index (χ1n) is 11.8. The summed E-state index contributed by atoms with van der Waals surface area (Å²) in [6, 6.07) is 0.344. The van der Waals surface area contributed by atoms with E-state index in [0.29, 0.717) is 23.8 Å². The van der Waals surface area contributed by atoms with Crippen molar-refractivity contribution in [3.8, 4) is 0 Å². The van der Waals surface area contributed by atoms with Crippen LogP contribution in [0.25, 0.3) is 0 Å². The average Bonchev–Trinajstić information content (AvgIpc) is 2.98. The molecule has 2 amide bonds. The monoisotopic (exact) mass is 400 g/mol. The molecule has 1 aliphatic heterocycles. The van der Waals surface area contributed by atoms with Crippen molar-refractivity contribution >= 4 is 11.8 Å². The topological polar surface area (TPSA) is 49.4 Å². The van der Waals surface area contributed by atoms with Crippen LogP contribution in [0.4, 0.5) is 0 Å². The number of carbonyl (C=O) groups is 2. The molecule has 0 bridgehead atoms. The molecule has 162 valence electrons. The van der Waals surface area contributed by atoms with Gasteiger partial charge in [-0.3, -0.25) is 9.59 Å². The Hall–Kier alpha value is -1.32. The Labute approximate surface area is 176 Å². The van der Waals surface area contributed by atoms with Gasteiger partial charge in [0.1, 0.15) is 0 Å². The fraction of sp³-hybridized carbons (Fsp3) is 0.840. The third kappa shape index (κ3) is 3.16. The molecule has 7 atom stereocenters. The Morgan fingerprint density at radius 2 is 1.86 bits per heavy atom. The highest BCUT2D eigenvalue weighted by Gasteiger charge is 2.61. The molecule has 1 N–H and O–H groups in total. The standard InChI is InChI=1S/C25H40N2O2/c1-7-27-20-11-8-16-17-9-10-19(22(29)26-23(2,3)4)24(17,5)14-12-18(16)25(20,6)15-13-21(27)28/h13,15-20H,7-12,14H2,1-6H3,(H,26,29). The Kier molecular flexibility index (Phi) is 4.94. The molecule has 0 saturated heterocycles. The van der Waals surface area contributed by atoms with E-state index in [2.05, 4.69) is 57.8 Å². The largest absolute Gasteiger partial charge is 0.351 e. The maximum atomic E-state index is 13.1. The molecule has 4 aliphatic rings. The number of hydrogen-bond donors (Lipinski definition) is 1. The number of hydrogen-bond acceptors (Lipinski definition) is 2. The second-order valence-corrected chi connectivity index (χ2v) is 11.7. The van der Waals surface area contributed by atoms with E-state index in [4.69, 9.17) is 0 Å². The molecule has 4 heteroatoms. The highest BCUT2D eigenvalue weighted by Crippen LogP contribution is 2.65. The maximum absolute atomic E-state index is 13.1. The number of nitrogens with zero attached hydrogens (tertiary/aromatic N) is 1. The average molecular weight is 401 g/mol. The molecule has 29 heavy (non-hydrogen) atoms. The summed E-state index contributed by atoms with van der Waals surface area (Å²) in [7, 11) is 0. The number of fused-ring (bicyclic) bond motifs is 5. The minimum absolute atomic E-state index is 0.0833. The lowest BCUT2D eigenvalue weighted by Gasteiger charge is -2.60. The van der Waals surface area contributed by atoms with E-state index in [1.807, 2.05) is 6.08 Å². The van der Waals surface area contributed by atoms with E-state index < -0.39 is 0 Å². The minimum Gasteiger partial charge on any atom is -0.351 e. The lowest BCUT2D eigenvalue weighted by atomic mass is 9.47. The molecule has 0 spiro atoms. The summed E-state index contributed by atoms with van der Waals surface area (Å²) in [6.45, 7) is 14.0. The molecule has 0 radical (unpaired) electrons. The molecular formula is C25H40N2O2. The summed E-state index contributed by atoms with van der Waals surface area (Å²) < 4.78 is 0. The molecule has 0 aromatic carbocycles. The second-order valence-electron chi connectivity index (χ2n) is 11.7. The van der Waals surface area contributed by atoms with Gasteiger partial charge in [0, 0.05) is 29.5 Å². The van der Waals surface area contributed by atoms with E-state index in [9.17, 15) is 9.59 Å². The van der Waals surface area contributed by atoms with Crippen molar-refractivity contribution in [2.24, 2.45) is 34.5 Å². The van der Waals surface area contributed by atoms with Gasteiger partial charge in [-0.1, -0.05) is 19.9 Å². The molecule has 0 aromatic heterocycles. The molecule has 4 rings (SSSR count). The highest BCUT2D eigenvalue weighted by atomic mass is 16.2. The van der Waals surface area contributed by atoms with Gasteiger partial charge in [0.2, 0.25) is 11.8 Å². The Morgan fingerprint density at radius 1 is 1.14 bits per heavy atom. The zero-order valence-corrected chi connectivity index (χ0v) is 19.3. The van der Waals surface area contributed by atoms with Crippen molar-refractivity contribution in [2.45, 2.75) is 91.6 Å². The van der Waals surface area contributed by atoms with Crippen LogP contribution >= 0.6 is 0 Å². The third-order valence-electron chi connectivity index (χ3n) is 9.13. The SMILES string of the molecule is CCN1C(=O)C=CC2(C)C3CCC4(C)C(C(=O)NC(C)(C)C)CCC4C3CCC12. The molecule has 4 nitrogen and oxygen atoms in total. The zero-order valence-electron chi connectivity index (χ0n) is 19.3. The van der Waals surface area contributed by atoms with Crippen molar-refractivity contribution in [3.05, 3.63) is 12.2 Å². The fourth-order valence-corrected chi connectivity index (χ4v) is 7.86. The highest BCUT2D eigenvalue weighted by molar-refractivity contribution is 5.89. The van der Waals surface area contributed by atoms with Crippen LogP contribution in [-0.4, -0.2) is 34.8 Å². The Morgan fingerprint density at radius 3 is 2.52 bits per heavy atom. The van der Waals surface area contributed by atoms with Crippen LogP contribution < -0.4 is 5.32 Å². The predicted molar refractivity (Wildman–Crippen MR) is 116 cm³/mol. The number of nitrogens with one attached hydrogen (secondary N) is 1. The van der Waals surface area contributed by atoms with Gasteiger partial charge in [-0.15, -0.1) is 0 Å². The fourth-order valence-electron chi connectivity index (χ4n) is 7.86. The first-order chi connectivity index (χ1) is 13.5. The second kappa shape index (κ2) is 6.85. The first kappa shape index (κ1) is 20.9. The summed E-state index contributed by atoms with van der Waals surface area (Å²) in [5.74, 6) is 2.54. The van der Waals surface area contributed by atoms with Crippen LogP contribution in [0.1, 0.15) is 80.1 Å². The molecule has 0 aromatic rings. The summed E-state index contributed by atoms with van der Waals surface area (Å²) >= 11 is 0. The van der Waals surface area contributed by atoms with E-state index in [-0.39, 0.29) is 34.1 Å². The summed E-state index contributed by atoms with van der Waals surface area (Å²) in [6.07, 6.45) is 10.9. The van der Waals surface area contributed by atoms with Gasteiger partial charge < -0.3 is 10.2 Å². The Balaban J connectivity index is 1.59. The lowest BCUT2D eigenvalue weighted by molar-refractivity contribution is -0.144. The van der Waals surface area contributed by atoms with Crippen LogP contribution in [0.5, 0.6) is 0 Å². The summed E-state index contributed by atoms with van der Waals surface area (Å²) in [4.78, 5) is 27.7. The van der Waals surface area contributed by atoms with Gasteiger partial charge in [0.05, 0.1) is 0 Å². The van der Waals surface area contributed by atoms with Crippen molar-refractivity contribution < 1.29 is 9.59 Å². The lowest BCUT2D eigenvalue weighted by Crippen LogP contribution is -2.60. The van der Waals surface area contributed by atoms with Crippen LogP contribution in [0, 0.1) is 34.5 Å². The van der Waals surface area contributed by atoms with Crippen molar-refractivity contribution in [1.82, 2.24) is 10.2 Å². The number of likely N-dealkylation sites (N-methyl/N-ethyl adjacent to an activating group) is 1. The van der Waals surface area contributed by atoms with Crippen LogP contribution in [0.15, 0.2) is 12.2 Å². The molecular weight excluding hydrogens is 360 g/mol. The summed E-state index contributed by atoms with van der Waals surface area (Å²) in [5, 5.41) is 3.27. The molecule has 3 saturated carbocycles. The molecule has 3 fully saturated rings. The smallest absolute Gasteiger partial charge is 0.246 e. The summed E-state index contributed by atoms with van der Waals surface area (Å²) in [5.41, 5.74) is 0.0373. The molecule has 3 aliphatic carbocycles. The number of carbonyl (C=O) groups excluding carboxylic acids is 2. The van der Waals surface area contributed by atoms with Crippen molar-refractivity contribution in [3.63, 3.8) is 0 Å². The van der Waals surface area contributed by atoms with E-state index in [0.717, 1.165) is 25.8 Å². The first-order valence-corrected chi connectivity index (χ1v) is 11.8. The van der Waals surface area contributed by atoms with Gasteiger partial charge in [0.25, 0.3) is 0 Å². The van der Waals surface area contributed by atoms with Crippen LogP contribution in [0.3, 0.4) is 0 Å². The third-order valence-corrected chi connectivity index (χ3v) is 9.13. The van der Waals surface area contributed by atoms with E-state index in [1.54, 1.807) is 0 Å². The zero-order chi connectivity index (χ0) is 21.2. The van der Waals surface area contributed by atoms with E-state index >= 15 is 0 Å². The van der Waals surface area contributed by atoms with Crippen LogP contribution in [-0.2, 0) is 9.59 Å². The maximum Gasteiger partial charge on any atom is 0.246 e. The van der Waals surface area contributed by atoms with E-state index in [1.165, 1.54) is 19.3 Å². The van der Waals surface area contributed by atoms with Gasteiger partial charge in [-0.05, 0) is 95.5 Å². The van der Waals surface area contributed by atoms with Gasteiger partial charge >= 0.3 is 0 Å². The van der Waals surface area contributed by atoms with Gasteiger partial charge in [0.15, 0.2) is 0 Å². The molecule has 1 heterocycles. The van der Waals surface area contributed by atoms with Gasteiger partial charge in [-0.2, -0.15) is 0 Å². The van der Waals surface area contributed by atoms with Crippen molar-refractivity contribution in [2.75, 3.05) is 6.54 Å². The number of amides is 2. The van der Waals surface area contributed by atoms with Crippen molar-refractivity contribution in [1.29, 1.82) is 0 Å². The number of rotatable bonds is 2.